The summed E-state index contributed by atoms with van der Waals surface area (Å²) in [5, 5.41) is 8.60. The van der Waals surface area contributed by atoms with Crippen molar-refractivity contribution >= 4 is 11.4 Å². The summed E-state index contributed by atoms with van der Waals surface area (Å²) in [7, 11) is 0. The fraction of sp³-hybridized carbons (Fsp3) is 0.294. The molecule has 2 aromatic rings. The normalized spacial score (nSPS) is 11.7. The molecule has 0 saturated heterocycles. The highest BCUT2D eigenvalue weighted by Gasteiger charge is 2.36. The van der Waals surface area contributed by atoms with Gasteiger partial charge >= 0.3 is 12.4 Å². The Kier molecular flexibility index (Phi) is 5.69. The number of halogens is 6. The quantitative estimate of drug-likeness (QED) is 0.504. The SMILES string of the molecule is [C-]#[N+]c1ccc(N(Cc2ccc(CC#N)o2)CC(F)(F)F)cc1C(F)(F)F. The number of anilines is 1. The first kappa shape index (κ1) is 20.2. The molecule has 0 aliphatic heterocycles. The van der Waals surface area contributed by atoms with Crippen molar-refractivity contribution in [2.45, 2.75) is 25.3 Å². The first-order valence-corrected chi connectivity index (χ1v) is 7.38. The minimum absolute atomic E-state index is 0.0623. The zero-order valence-electron chi connectivity index (χ0n) is 13.5. The van der Waals surface area contributed by atoms with E-state index in [1.54, 1.807) is 0 Å². The average molecular weight is 387 g/mol. The molecule has 0 amide bonds. The van der Waals surface area contributed by atoms with Crippen LogP contribution in [0.3, 0.4) is 0 Å². The third kappa shape index (κ3) is 5.42. The van der Waals surface area contributed by atoms with E-state index in [1.165, 1.54) is 12.1 Å². The topological polar surface area (TPSA) is 44.5 Å². The Morgan fingerprint density at radius 3 is 2.30 bits per heavy atom. The first-order chi connectivity index (χ1) is 12.5. The maximum atomic E-state index is 13.1. The van der Waals surface area contributed by atoms with Gasteiger partial charge in [-0.05, 0) is 24.3 Å². The molecular weight excluding hydrogens is 376 g/mol. The lowest BCUT2D eigenvalue weighted by atomic mass is 10.1. The van der Waals surface area contributed by atoms with Crippen molar-refractivity contribution in [2.75, 3.05) is 11.4 Å². The molecule has 1 aromatic carbocycles. The second-order valence-corrected chi connectivity index (χ2v) is 5.49. The highest BCUT2D eigenvalue weighted by Crippen LogP contribution is 2.39. The summed E-state index contributed by atoms with van der Waals surface area (Å²) < 4.78 is 83.3. The van der Waals surface area contributed by atoms with Gasteiger partial charge in [-0.1, -0.05) is 6.07 Å². The van der Waals surface area contributed by atoms with Gasteiger partial charge in [0.2, 0.25) is 0 Å². The van der Waals surface area contributed by atoms with Crippen molar-refractivity contribution in [2.24, 2.45) is 0 Å². The number of hydrogen-bond donors (Lipinski definition) is 0. The number of alkyl halides is 6. The van der Waals surface area contributed by atoms with Gasteiger partial charge < -0.3 is 9.32 Å². The maximum Gasteiger partial charge on any atom is 0.407 e. The van der Waals surface area contributed by atoms with Crippen LogP contribution in [0.4, 0.5) is 37.7 Å². The maximum absolute atomic E-state index is 13.1. The lowest BCUT2D eigenvalue weighted by Crippen LogP contribution is -2.33. The lowest BCUT2D eigenvalue weighted by molar-refractivity contribution is -0.136. The van der Waals surface area contributed by atoms with Crippen LogP contribution in [0.1, 0.15) is 17.1 Å². The molecule has 142 valence electrons. The molecule has 0 fully saturated rings. The summed E-state index contributed by atoms with van der Waals surface area (Å²) in [6, 6.07) is 6.95. The molecule has 1 aromatic heterocycles. The summed E-state index contributed by atoms with van der Waals surface area (Å²) in [6.45, 7) is 4.82. The van der Waals surface area contributed by atoms with E-state index in [4.69, 9.17) is 16.3 Å². The Morgan fingerprint density at radius 2 is 1.74 bits per heavy atom. The molecule has 0 bridgehead atoms. The van der Waals surface area contributed by atoms with Gasteiger partial charge in [0, 0.05) is 5.69 Å². The van der Waals surface area contributed by atoms with Crippen LogP contribution in [0.25, 0.3) is 4.85 Å². The van der Waals surface area contributed by atoms with Gasteiger partial charge in [0.05, 0.1) is 31.2 Å². The molecule has 0 aliphatic carbocycles. The van der Waals surface area contributed by atoms with Crippen molar-refractivity contribution in [1.82, 2.24) is 0 Å². The van der Waals surface area contributed by atoms with E-state index < -0.39 is 36.7 Å². The molecule has 0 aliphatic rings. The van der Waals surface area contributed by atoms with Crippen LogP contribution in [-0.2, 0) is 19.1 Å². The van der Waals surface area contributed by atoms with Crippen molar-refractivity contribution in [3.8, 4) is 6.07 Å². The van der Waals surface area contributed by atoms with Crippen LogP contribution in [0.15, 0.2) is 34.7 Å². The summed E-state index contributed by atoms with van der Waals surface area (Å²) in [4.78, 5) is 3.42. The van der Waals surface area contributed by atoms with Gasteiger partial charge in [-0.2, -0.15) is 31.6 Å². The molecular formula is C17H11F6N3O. The molecule has 4 nitrogen and oxygen atoms in total. The zero-order valence-corrected chi connectivity index (χ0v) is 13.5. The van der Waals surface area contributed by atoms with E-state index in [1.807, 2.05) is 6.07 Å². The monoisotopic (exact) mass is 387 g/mol. The molecule has 0 radical (unpaired) electrons. The second-order valence-electron chi connectivity index (χ2n) is 5.49. The molecule has 0 spiro atoms. The summed E-state index contributed by atoms with van der Waals surface area (Å²) >= 11 is 0. The van der Waals surface area contributed by atoms with E-state index in [2.05, 4.69) is 4.85 Å². The largest absolute Gasteiger partial charge is 0.463 e. The molecule has 0 N–H and O–H groups in total. The number of rotatable bonds is 5. The zero-order chi connectivity index (χ0) is 20.2. The minimum atomic E-state index is -4.88. The number of nitriles is 1. The number of hydrogen-bond acceptors (Lipinski definition) is 3. The van der Waals surface area contributed by atoms with Crippen molar-refractivity contribution < 1.29 is 30.8 Å². The highest BCUT2D eigenvalue weighted by molar-refractivity contribution is 5.62. The van der Waals surface area contributed by atoms with Crippen molar-refractivity contribution in [3.63, 3.8) is 0 Å². The molecule has 10 heteroatoms. The number of furan rings is 1. The summed E-state index contributed by atoms with van der Waals surface area (Å²) in [6.07, 6.45) is -9.65. The van der Waals surface area contributed by atoms with E-state index >= 15 is 0 Å². The lowest BCUT2D eigenvalue weighted by Gasteiger charge is -2.26. The fourth-order valence-electron chi connectivity index (χ4n) is 2.37. The van der Waals surface area contributed by atoms with Gasteiger partial charge in [0.15, 0.2) is 5.69 Å². The Hall–Kier alpha value is -3.14. The standard InChI is InChI=1S/C17H11F6N3O/c1-25-15-5-2-11(8-14(15)17(21,22)23)26(10-16(18,19)20)9-13-4-3-12(27-13)6-7-24/h2-5,8H,6,9-10H2. The summed E-state index contributed by atoms with van der Waals surface area (Å²) in [5.74, 6) is 0.297. The Labute approximate surface area is 150 Å². The first-order valence-electron chi connectivity index (χ1n) is 7.38. The smallest absolute Gasteiger partial charge is 0.407 e. The molecule has 0 saturated carbocycles. The van der Waals surface area contributed by atoms with Gasteiger partial charge in [0.1, 0.15) is 18.1 Å². The predicted octanol–water partition coefficient (Wildman–Crippen LogP) is 5.48. The van der Waals surface area contributed by atoms with Gasteiger partial charge in [0.25, 0.3) is 0 Å². The third-order valence-corrected chi connectivity index (χ3v) is 3.46. The van der Waals surface area contributed by atoms with Crippen LogP contribution < -0.4 is 4.90 Å². The Bertz CT molecular complexity index is 886. The molecule has 2 rings (SSSR count). The molecule has 1 heterocycles. The van der Waals surface area contributed by atoms with Crippen molar-refractivity contribution in [1.29, 1.82) is 5.26 Å². The Morgan fingerprint density at radius 1 is 1.07 bits per heavy atom. The van der Waals surface area contributed by atoms with Gasteiger partial charge in [-0.15, -0.1) is 0 Å². The van der Waals surface area contributed by atoms with Crippen LogP contribution >= 0.6 is 0 Å². The minimum Gasteiger partial charge on any atom is -0.463 e. The van der Waals surface area contributed by atoms with Crippen LogP contribution in [0.2, 0.25) is 0 Å². The van der Waals surface area contributed by atoms with E-state index in [9.17, 15) is 26.3 Å². The fourth-order valence-corrected chi connectivity index (χ4v) is 2.37. The van der Waals surface area contributed by atoms with Crippen LogP contribution in [0, 0.1) is 17.9 Å². The predicted molar refractivity (Wildman–Crippen MR) is 82.8 cm³/mol. The van der Waals surface area contributed by atoms with E-state index in [0.29, 0.717) is 11.0 Å². The van der Waals surface area contributed by atoms with E-state index in [-0.39, 0.29) is 23.6 Å². The van der Waals surface area contributed by atoms with Crippen molar-refractivity contribution in [3.05, 3.63) is 58.8 Å². The highest BCUT2D eigenvalue weighted by atomic mass is 19.4. The van der Waals surface area contributed by atoms with Gasteiger partial charge in [-0.3, -0.25) is 0 Å². The molecule has 0 unspecified atom stereocenters. The van der Waals surface area contributed by atoms with Gasteiger partial charge in [-0.25, -0.2) is 4.85 Å². The van der Waals surface area contributed by atoms with Crippen LogP contribution in [-0.4, -0.2) is 12.7 Å². The van der Waals surface area contributed by atoms with Crippen LogP contribution in [0.5, 0.6) is 0 Å². The van der Waals surface area contributed by atoms with E-state index in [0.717, 1.165) is 12.1 Å². The average Bonchev–Trinajstić information content (AvgIpc) is 2.99. The molecule has 27 heavy (non-hydrogen) atoms. The number of nitrogens with zero attached hydrogens (tertiary/aromatic N) is 3. The summed E-state index contributed by atoms with van der Waals surface area (Å²) in [5.41, 5.74) is -2.37. The molecule has 0 atom stereocenters. The third-order valence-electron chi connectivity index (χ3n) is 3.46. The second kappa shape index (κ2) is 7.62. The number of benzene rings is 1. The Balaban J connectivity index is 2.42.